The first-order chi connectivity index (χ1) is 8.31. The summed E-state index contributed by atoms with van der Waals surface area (Å²) in [6, 6.07) is 4.29. The molecule has 0 saturated carbocycles. The Morgan fingerprint density at radius 3 is 2.82 bits per heavy atom. The van der Waals surface area contributed by atoms with Crippen LogP contribution in [0.1, 0.15) is 18.0 Å². The molecule has 4 heteroatoms. The number of hydrogen-bond acceptors (Lipinski definition) is 3. The molecule has 17 heavy (non-hydrogen) atoms. The summed E-state index contributed by atoms with van der Waals surface area (Å²) < 4.78 is 0. The van der Waals surface area contributed by atoms with E-state index in [-0.39, 0.29) is 0 Å². The van der Waals surface area contributed by atoms with Gasteiger partial charge in [-0.3, -0.25) is 4.90 Å². The van der Waals surface area contributed by atoms with Crippen LogP contribution in [-0.2, 0) is 0 Å². The van der Waals surface area contributed by atoms with Gasteiger partial charge in [-0.05, 0) is 18.1 Å². The topological polar surface area (TPSA) is 28.2 Å². The maximum atomic E-state index is 5.82. The zero-order valence-corrected chi connectivity index (χ0v) is 10.7. The van der Waals surface area contributed by atoms with E-state index in [0.717, 1.165) is 32.6 Å². The fraction of sp³-hybridized carbons (Fsp3) is 0.462. The molecular formula is C13H18ClN3. The molecule has 1 aromatic heterocycles. The molecule has 0 amide bonds. The summed E-state index contributed by atoms with van der Waals surface area (Å²) in [7, 11) is 0. The zero-order valence-electron chi connectivity index (χ0n) is 9.90. The second kappa shape index (κ2) is 6.15. The van der Waals surface area contributed by atoms with Crippen molar-refractivity contribution in [1.29, 1.82) is 0 Å². The van der Waals surface area contributed by atoms with Gasteiger partial charge < -0.3 is 5.32 Å². The Hall–Kier alpha value is -0.900. The maximum Gasteiger partial charge on any atom is 0.129 e. The van der Waals surface area contributed by atoms with Gasteiger partial charge >= 0.3 is 0 Å². The van der Waals surface area contributed by atoms with Crippen molar-refractivity contribution in [3.8, 4) is 0 Å². The van der Waals surface area contributed by atoms with Crippen molar-refractivity contribution < 1.29 is 0 Å². The Morgan fingerprint density at radius 1 is 1.47 bits per heavy atom. The minimum atomic E-state index is 0.374. The van der Waals surface area contributed by atoms with E-state index in [1.807, 2.05) is 18.3 Å². The lowest BCUT2D eigenvalue weighted by Gasteiger charge is -2.34. The summed E-state index contributed by atoms with van der Waals surface area (Å²) in [6.07, 6.45) is 4.79. The molecule has 1 aliphatic heterocycles. The van der Waals surface area contributed by atoms with Crippen molar-refractivity contribution in [2.75, 3.05) is 26.2 Å². The van der Waals surface area contributed by atoms with Crippen molar-refractivity contribution in [1.82, 2.24) is 15.2 Å². The first-order valence-electron chi connectivity index (χ1n) is 5.98. The Kier molecular flexibility index (Phi) is 4.54. The molecule has 0 bridgehead atoms. The van der Waals surface area contributed by atoms with Crippen molar-refractivity contribution in [3.05, 3.63) is 41.7 Å². The third-order valence-corrected chi connectivity index (χ3v) is 3.34. The number of aromatic nitrogens is 1. The number of pyridine rings is 1. The van der Waals surface area contributed by atoms with Crippen LogP contribution in [0.3, 0.4) is 0 Å². The molecule has 1 saturated heterocycles. The molecule has 1 aliphatic rings. The van der Waals surface area contributed by atoms with E-state index < -0.39 is 0 Å². The minimum absolute atomic E-state index is 0.374. The first-order valence-corrected chi connectivity index (χ1v) is 6.36. The lowest BCUT2D eigenvalue weighted by Crippen LogP contribution is -2.45. The van der Waals surface area contributed by atoms with Gasteiger partial charge in [-0.1, -0.05) is 23.7 Å². The summed E-state index contributed by atoms with van der Waals surface area (Å²) >= 11 is 5.82. The van der Waals surface area contributed by atoms with Gasteiger partial charge in [0.2, 0.25) is 0 Å². The van der Waals surface area contributed by atoms with Crippen LogP contribution >= 0.6 is 11.6 Å². The molecule has 0 aromatic carbocycles. The van der Waals surface area contributed by atoms with Gasteiger partial charge in [0.05, 0.1) is 0 Å². The molecule has 0 unspecified atom stereocenters. The second-order valence-electron chi connectivity index (χ2n) is 4.24. The van der Waals surface area contributed by atoms with Crippen LogP contribution in [0.2, 0.25) is 5.15 Å². The molecule has 0 radical (unpaired) electrons. The van der Waals surface area contributed by atoms with Crippen molar-refractivity contribution in [2.24, 2.45) is 0 Å². The van der Waals surface area contributed by atoms with Crippen LogP contribution in [0, 0.1) is 0 Å². The molecule has 92 valence electrons. The molecule has 1 aromatic rings. The SMILES string of the molecule is C=CC[C@@H](c1ccc(Cl)nc1)N1CCNCC1. The first kappa shape index (κ1) is 12.6. The predicted molar refractivity (Wildman–Crippen MR) is 71.2 cm³/mol. The average Bonchev–Trinajstić information content (AvgIpc) is 2.38. The second-order valence-corrected chi connectivity index (χ2v) is 4.63. The zero-order chi connectivity index (χ0) is 12.1. The van der Waals surface area contributed by atoms with Crippen molar-refractivity contribution >= 4 is 11.6 Å². The van der Waals surface area contributed by atoms with Gasteiger partial charge in [-0.2, -0.15) is 0 Å². The van der Waals surface area contributed by atoms with Crippen LogP contribution in [0.5, 0.6) is 0 Å². The summed E-state index contributed by atoms with van der Waals surface area (Å²) in [5.41, 5.74) is 1.22. The summed E-state index contributed by atoms with van der Waals surface area (Å²) in [5.74, 6) is 0. The third-order valence-electron chi connectivity index (χ3n) is 3.12. The maximum absolute atomic E-state index is 5.82. The Morgan fingerprint density at radius 2 is 2.24 bits per heavy atom. The molecule has 1 atom stereocenters. The number of rotatable bonds is 4. The van der Waals surface area contributed by atoms with E-state index in [0.29, 0.717) is 11.2 Å². The normalized spacial score (nSPS) is 18.9. The standard InChI is InChI=1S/C13H18ClN3/c1-2-3-12(17-8-6-15-7-9-17)11-4-5-13(14)16-10-11/h2,4-5,10,12,15H,1,3,6-9H2/t12-/m0/s1. The number of nitrogens with one attached hydrogen (secondary N) is 1. The van der Waals surface area contributed by atoms with Crippen molar-refractivity contribution in [3.63, 3.8) is 0 Å². The fourth-order valence-electron chi connectivity index (χ4n) is 2.23. The molecule has 2 rings (SSSR count). The van der Waals surface area contributed by atoms with Gasteiger partial charge in [0.1, 0.15) is 5.15 Å². The van der Waals surface area contributed by atoms with Gasteiger partial charge in [-0.15, -0.1) is 6.58 Å². The van der Waals surface area contributed by atoms with E-state index in [9.17, 15) is 0 Å². The molecule has 3 nitrogen and oxygen atoms in total. The van der Waals surface area contributed by atoms with Crippen LogP contribution in [-0.4, -0.2) is 36.1 Å². The van der Waals surface area contributed by atoms with Crippen LogP contribution in [0.15, 0.2) is 31.0 Å². The highest BCUT2D eigenvalue weighted by atomic mass is 35.5. The van der Waals surface area contributed by atoms with E-state index in [4.69, 9.17) is 11.6 Å². The lowest BCUT2D eigenvalue weighted by molar-refractivity contribution is 0.174. The van der Waals surface area contributed by atoms with Crippen LogP contribution < -0.4 is 5.32 Å². The quantitative estimate of drug-likeness (QED) is 0.657. The average molecular weight is 252 g/mol. The summed E-state index contributed by atoms with van der Waals surface area (Å²) in [6.45, 7) is 8.09. The van der Waals surface area contributed by atoms with Crippen LogP contribution in [0.25, 0.3) is 0 Å². The minimum Gasteiger partial charge on any atom is -0.314 e. The highest BCUT2D eigenvalue weighted by molar-refractivity contribution is 6.29. The third kappa shape index (κ3) is 3.28. The van der Waals surface area contributed by atoms with Gasteiger partial charge in [-0.25, -0.2) is 4.98 Å². The Bertz CT molecular complexity index is 357. The number of hydrogen-bond donors (Lipinski definition) is 1. The molecule has 1 fully saturated rings. The largest absolute Gasteiger partial charge is 0.314 e. The van der Waals surface area contributed by atoms with Gasteiger partial charge in [0.15, 0.2) is 0 Å². The highest BCUT2D eigenvalue weighted by Crippen LogP contribution is 2.25. The number of nitrogens with zero attached hydrogens (tertiary/aromatic N) is 2. The Labute approximate surface area is 107 Å². The van der Waals surface area contributed by atoms with E-state index >= 15 is 0 Å². The summed E-state index contributed by atoms with van der Waals surface area (Å²) in [5, 5.41) is 3.92. The Balaban J connectivity index is 2.15. The van der Waals surface area contributed by atoms with Crippen LogP contribution in [0.4, 0.5) is 0 Å². The van der Waals surface area contributed by atoms with E-state index in [1.54, 1.807) is 0 Å². The van der Waals surface area contributed by atoms with Crippen molar-refractivity contribution in [2.45, 2.75) is 12.5 Å². The molecule has 0 spiro atoms. The fourth-order valence-corrected chi connectivity index (χ4v) is 2.34. The predicted octanol–water partition coefficient (Wildman–Crippen LogP) is 2.26. The molecule has 0 aliphatic carbocycles. The number of halogens is 1. The highest BCUT2D eigenvalue weighted by Gasteiger charge is 2.21. The molecule has 2 heterocycles. The number of piperazine rings is 1. The van der Waals surface area contributed by atoms with E-state index in [1.165, 1.54) is 5.56 Å². The monoisotopic (exact) mass is 251 g/mol. The lowest BCUT2D eigenvalue weighted by atomic mass is 10.0. The van der Waals surface area contributed by atoms with Gasteiger partial charge in [0, 0.05) is 38.4 Å². The smallest absolute Gasteiger partial charge is 0.129 e. The van der Waals surface area contributed by atoms with E-state index in [2.05, 4.69) is 27.8 Å². The molecular weight excluding hydrogens is 234 g/mol. The van der Waals surface area contributed by atoms with Gasteiger partial charge in [0.25, 0.3) is 0 Å². The summed E-state index contributed by atoms with van der Waals surface area (Å²) in [4.78, 5) is 6.64. The molecule has 1 N–H and O–H groups in total.